The lowest BCUT2D eigenvalue weighted by atomic mass is 10.0. The molecule has 0 atom stereocenters. The Morgan fingerprint density at radius 2 is 0.583 bits per heavy atom. The van der Waals surface area contributed by atoms with E-state index in [4.69, 9.17) is 22.9 Å². The molecule has 0 heterocycles. The van der Waals surface area contributed by atoms with Gasteiger partial charge in [-0.25, -0.2) is 0 Å². The van der Waals surface area contributed by atoms with Crippen molar-refractivity contribution in [1.29, 1.82) is 0 Å². The largest absolute Gasteiger partial charge is 0.505 e. The van der Waals surface area contributed by atoms with E-state index in [9.17, 15) is 88.0 Å². The minimum Gasteiger partial charge on any atom is -0.505 e. The molecule has 0 aliphatic heterocycles. The molecule has 84 heavy (non-hydrogen) atoms. The molecule has 16 N–H and O–H groups in total. The Morgan fingerprint density at radius 1 is 0.310 bits per heavy atom. The third-order valence-electron chi connectivity index (χ3n) is 11.6. The quantitative estimate of drug-likeness (QED) is 0.0186. The molecule has 8 rings (SSSR count). The van der Waals surface area contributed by atoms with E-state index in [0.29, 0.717) is 0 Å². The van der Waals surface area contributed by atoms with Crippen molar-refractivity contribution in [2.45, 2.75) is 29.4 Å². The van der Waals surface area contributed by atoms with Crippen molar-refractivity contribution in [1.82, 2.24) is 0 Å². The van der Waals surface area contributed by atoms with Crippen molar-refractivity contribution in [2.75, 3.05) is 22.9 Å². The van der Waals surface area contributed by atoms with E-state index in [1.165, 1.54) is 24.3 Å². The molecule has 0 radical (unpaired) electrons. The molecule has 32 nitrogen and oxygen atoms in total. The Kier molecular flexibility index (Phi) is 16.0. The number of phenols is 2. The lowest BCUT2D eigenvalue weighted by Crippen LogP contribution is -2.02. The molecule has 8 aromatic carbocycles. The lowest BCUT2D eigenvalue weighted by Gasteiger charge is -2.12. The Hall–Kier alpha value is -9.32. The van der Waals surface area contributed by atoms with Crippen molar-refractivity contribution in [3.8, 4) is 11.5 Å². The first kappa shape index (κ1) is 60.8. The molecular weight excluding hydrogens is 1230 g/mol. The third kappa shape index (κ3) is 13.0. The number of azo groups is 4. The number of nitrogens with zero attached hydrogens (tertiary/aromatic N) is 8. The number of benzene rings is 8. The van der Waals surface area contributed by atoms with Crippen LogP contribution in [0.1, 0.15) is 11.1 Å². The van der Waals surface area contributed by atoms with Gasteiger partial charge in [0.2, 0.25) is 0 Å². The second-order valence-corrected chi connectivity index (χ2v) is 25.5. The average molecular weight is 1270 g/mol. The third-order valence-corrected chi connectivity index (χ3v) is 17.0. The minimum atomic E-state index is -5.29. The molecule has 0 aromatic heterocycles. The molecule has 0 bridgehead atoms. The van der Waals surface area contributed by atoms with Crippen LogP contribution in [0.5, 0.6) is 11.5 Å². The van der Waals surface area contributed by atoms with Crippen molar-refractivity contribution in [3.63, 3.8) is 0 Å². The second kappa shape index (κ2) is 22.1. The Balaban J connectivity index is 1.11. The molecule has 0 spiro atoms. The fourth-order valence-corrected chi connectivity index (χ4v) is 11.8. The molecule has 0 saturated heterocycles. The van der Waals surface area contributed by atoms with Crippen LogP contribution >= 0.6 is 0 Å². The van der Waals surface area contributed by atoms with Gasteiger partial charge in [-0.3, -0.25) is 27.3 Å². The van der Waals surface area contributed by atoms with Gasteiger partial charge in [0.05, 0.1) is 56.3 Å². The summed E-state index contributed by atoms with van der Waals surface area (Å²) >= 11 is 0. The zero-order chi connectivity index (χ0) is 61.8. The maximum atomic E-state index is 12.7. The predicted molar refractivity (Wildman–Crippen MR) is 299 cm³/mol. The van der Waals surface area contributed by atoms with E-state index in [-0.39, 0.29) is 89.5 Å². The van der Waals surface area contributed by atoms with Crippen LogP contribution in [0.2, 0.25) is 0 Å². The number of rotatable bonds is 16. The van der Waals surface area contributed by atoms with Gasteiger partial charge in [0.15, 0.2) is 11.5 Å². The summed E-state index contributed by atoms with van der Waals surface area (Å²) in [5.41, 5.74) is 18.1. The minimum absolute atomic E-state index is 0.213. The standard InChI is InChI=1S/C46H36N12O20S6/c47-29-9-7-25(17-37(29)81(67,68)69)53-57-43-39(83(73,74)75)19-27-33(13-11-31(49)41(27)45(43)59)55-51-23-5-3-21(35(15-23)79(61,62)63)1-2-22-4-6-24(16-36(22)80(64,65)66)52-56-34-14-12-32(50)42-28(34)20-40(84(76,77)78)44(46(42)60)58-54-26-8-10-30(48)38(18-26)82(70,71)72/h1-20,59-60H,47-50H2,(H,61,62,63)(H,64,65,66)(H,67,68,69)(H,70,71,72)(H,73,74,75)(H,76,77,78)/b2-1+,55-51?,56-52?,57-53?,58-54?. The van der Waals surface area contributed by atoms with Gasteiger partial charge < -0.3 is 33.1 Å². The fourth-order valence-electron chi connectivity index (χ4n) is 7.83. The zero-order valence-electron chi connectivity index (χ0n) is 41.4. The number of hydrogen-bond acceptors (Lipinski definition) is 26. The predicted octanol–water partition coefficient (Wildman–Crippen LogP) is 9.05. The average Bonchev–Trinajstić information content (AvgIpc) is 3.51. The SMILES string of the molecule is Nc1ccc(N=Nc2c(S(=O)(=O)O)cc3c(N=Nc4ccc(/C=C/c5ccc(N=Nc6ccc(N)c7c(O)c(N=Nc8ccc(N)c(S(=O)(=O)O)c8)c(S(=O)(=O)O)cc67)cc5S(=O)(=O)O)c(S(=O)(=O)O)c4)ccc(N)c3c2O)cc1S(=O)(=O)O. The van der Waals surface area contributed by atoms with Crippen LogP contribution in [0.3, 0.4) is 0 Å². The first-order chi connectivity index (χ1) is 38.9. The summed E-state index contributed by atoms with van der Waals surface area (Å²) in [6.07, 6.45) is 2.02. The van der Waals surface area contributed by atoms with Gasteiger partial charge in [0.25, 0.3) is 60.7 Å². The van der Waals surface area contributed by atoms with Gasteiger partial charge in [0, 0.05) is 22.1 Å². The molecule has 436 valence electrons. The first-order valence-electron chi connectivity index (χ1n) is 22.3. The van der Waals surface area contributed by atoms with E-state index in [0.717, 1.165) is 97.1 Å². The summed E-state index contributed by atoms with van der Waals surface area (Å²) in [6.45, 7) is 0. The number of hydrogen-bond donors (Lipinski definition) is 12. The summed E-state index contributed by atoms with van der Waals surface area (Å²) < 4.78 is 208. The van der Waals surface area contributed by atoms with Crippen LogP contribution in [-0.2, 0) is 60.7 Å². The van der Waals surface area contributed by atoms with E-state index < -0.39 is 113 Å². The van der Waals surface area contributed by atoms with Gasteiger partial charge in [-0.2, -0.15) is 71.0 Å². The number of aromatic hydroxyl groups is 2. The maximum Gasteiger partial charge on any atom is 0.296 e. The molecule has 8 aromatic rings. The highest BCUT2D eigenvalue weighted by Crippen LogP contribution is 2.49. The van der Waals surface area contributed by atoms with Gasteiger partial charge >= 0.3 is 0 Å². The summed E-state index contributed by atoms with van der Waals surface area (Å²) in [5, 5.41) is 52.2. The van der Waals surface area contributed by atoms with E-state index in [2.05, 4.69) is 40.9 Å². The molecular formula is C46H36N12O20S6. The van der Waals surface area contributed by atoms with Crippen LogP contribution in [0.15, 0.2) is 179 Å². The molecule has 0 unspecified atom stereocenters. The van der Waals surface area contributed by atoms with Crippen LogP contribution in [0.4, 0.5) is 68.2 Å². The highest BCUT2D eigenvalue weighted by molar-refractivity contribution is 7.87. The topological polar surface area (TPSA) is 570 Å². The van der Waals surface area contributed by atoms with Gasteiger partial charge in [0.1, 0.15) is 40.7 Å². The summed E-state index contributed by atoms with van der Waals surface area (Å²) in [6, 6.07) is 18.2. The van der Waals surface area contributed by atoms with Crippen molar-refractivity contribution < 1.29 is 88.0 Å². The van der Waals surface area contributed by atoms with Crippen LogP contribution in [-0.4, -0.2) is 88.0 Å². The monoisotopic (exact) mass is 1270 g/mol. The smallest absolute Gasteiger partial charge is 0.296 e. The Labute approximate surface area is 473 Å². The van der Waals surface area contributed by atoms with E-state index >= 15 is 0 Å². The summed E-state index contributed by atoms with van der Waals surface area (Å²) in [7, 11) is -30.6. The highest BCUT2D eigenvalue weighted by atomic mass is 32.2. The normalized spacial score (nSPS) is 13.3. The van der Waals surface area contributed by atoms with Crippen LogP contribution < -0.4 is 22.9 Å². The molecule has 0 saturated carbocycles. The lowest BCUT2D eigenvalue weighted by molar-refractivity contribution is 0.472. The van der Waals surface area contributed by atoms with Gasteiger partial charge in [-0.15, -0.1) is 20.5 Å². The van der Waals surface area contributed by atoms with Crippen molar-refractivity contribution in [2.24, 2.45) is 40.9 Å². The van der Waals surface area contributed by atoms with E-state index in [1.807, 2.05) is 0 Å². The Bertz CT molecular complexity index is 4730. The molecule has 0 amide bonds. The zero-order valence-corrected chi connectivity index (χ0v) is 46.3. The van der Waals surface area contributed by atoms with Crippen molar-refractivity contribution in [3.05, 3.63) is 120 Å². The van der Waals surface area contributed by atoms with Crippen LogP contribution in [0.25, 0.3) is 33.7 Å². The maximum absolute atomic E-state index is 12.7. The highest BCUT2D eigenvalue weighted by Gasteiger charge is 2.27. The van der Waals surface area contributed by atoms with E-state index in [1.54, 1.807) is 0 Å². The molecule has 0 fully saturated rings. The molecule has 0 aliphatic rings. The number of fused-ring (bicyclic) bond motifs is 2. The number of nitrogen functional groups attached to an aromatic ring is 4. The summed E-state index contributed by atoms with van der Waals surface area (Å²) in [4.78, 5) is -5.38. The molecule has 0 aliphatic carbocycles. The summed E-state index contributed by atoms with van der Waals surface area (Å²) in [5.74, 6) is -1.98. The fraction of sp³-hybridized carbons (Fsp3) is 0. The van der Waals surface area contributed by atoms with Gasteiger partial charge in [-0.1, -0.05) is 24.3 Å². The number of phenolic OH excluding ortho intramolecular Hbond substituents is 2. The van der Waals surface area contributed by atoms with Gasteiger partial charge in [-0.05, 0) is 108 Å². The Morgan fingerprint density at radius 3 is 0.893 bits per heavy atom. The number of nitrogens with two attached hydrogens (primary N) is 4. The number of anilines is 4. The first-order valence-corrected chi connectivity index (χ1v) is 31.0. The second-order valence-electron chi connectivity index (χ2n) is 17.2. The molecule has 38 heteroatoms. The van der Waals surface area contributed by atoms with Crippen LogP contribution in [0, 0.1) is 0 Å². The van der Waals surface area contributed by atoms with Crippen molar-refractivity contribution >= 4 is 163 Å².